The van der Waals surface area contributed by atoms with E-state index >= 15 is 0 Å². The molecule has 1 rings (SSSR count). The molecule has 20 heavy (non-hydrogen) atoms. The van der Waals surface area contributed by atoms with Crippen LogP contribution < -0.4 is 4.74 Å². The number of hydrogen-bond acceptors (Lipinski definition) is 4. The monoisotopic (exact) mass is 278 g/mol. The van der Waals surface area contributed by atoms with Crippen molar-refractivity contribution in [2.75, 3.05) is 6.61 Å². The normalized spacial score (nSPS) is 10.2. The standard InChI is InChI=1S/C16H22O4/c1-4-19-15(17)7-5-6-8-16(18)20-14-11-12(2)9-10-13(14)3/h9-11H,4-8H2,1-3H3. The van der Waals surface area contributed by atoms with Crippen LogP contribution >= 0.6 is 0 Å². The summed E-state index contributed by atoms with van der Waals surface area (Å²) in [5.74, 6) is 0.137. The molecule has 0 spiro atoms. The van der Waals surface area contributed by atoms with E-state index in [1.165, 1.54) is 0 Å². The summed E-state index contributed by atoms with van der Waals surface area (Å²) < 4.78 is 10.1. The highest BCUT2D eigenvalue weighted by Gasteiger charge is 2.08. The lowest BCUT2D eigenvalue weighted by Crippen LogP contribution is -2.09. The zero-order valence-corrected chi connectivity index (χ0v) is 12.4. The number of unbranched alkanes of at least 4 members (excludes halogenated alkanes) is 1. The van der Waals surface area contributed by atoms with E-state index in [0.29, 0.717) is 38.0 Å². The summed E-state index contributed by atoms with van der Waals surface area (Å²) in [6.45, 7) is 6.03. The molecule has 0 aliphatic carbocycles. The van der Waals surface area contributed by atoms with Crippen LogP contribution in [0, 0.1) is 13.8 Å². The lowest BCUT2D eigenvalue weighted by molar-refractivity contribution is -0.143. The third-order valence-electron chi connectivity index (χ3n) is 2.88. The van der Waals surface area contributed by atoms with Gasteiger partial charge in [0.1, 0.15) is 5.75 Å². The van der Waals surface area contributed by atoms with E-state index in [1.54, 1.807) is 6.92 Å². The van der Waals surface area contributed by atoms with Gasteiger partial charge >= 0.3 is 11.9 Å². The Morgan fingerprint density at radius 1 is 1.05 bits per heavy atom. The van der Waals surface area contributed by atoms with E-state index in [1.807, 2.05) is 32.0 Å². The average molecular weight is 278 g/mol. The highest BCUT2D eigenvalue weighted by Crippen LogP contribution is 2.20. The van der Waals surface area contributed by atoms with Crippen molar-refractivity contribution < 1.29 is 19.1 Å². The van der Waals surface area contributed by atoms with Crippen LogP contribution in [-0.4, -0.2) is 18.5 Å². The number of carbonyl (C=O) groups excluding carboxylic acids is 2. The topological polar surface area (TPSA) is 52.6 Å². The Hall–Kier alpha value is -1.84. The van der Waals surface area contributed by atoms with E-state index in [-0.39, 0.29) is 11.9 Å². The summed E-state index contributed by atoms with van der Waals surface area (Å²) in [5.41, 5.74) is 2.00. The molecule has 0 atom stereocenters. The Morgan fingerprint density at radius 2 is 1.70 bits per heavy atom. The van der Waals surface area contributed by atoms with Crippen molar-refractivity contribution >= 4 is 11.9 Å². The largest absolute Gasteiger partial charge is 0.466 e. The van der Waals surface area contributed by atoms with Gasteiger partial charge in [0.05, 0.1) is 6.61 Å². The van der Waals surface area contributed by atoms with Gasteiger partial charge in [-0.3, -0.25) is 9.59 Å². The van der Waals surface area contributed by atoms with Crippen LogP contribution in [0.1, 0.15) is 43.7 Å². The SMILES string of the molecule is CCOC(=O)CCCCC(=O)Oc1cc(C)ccc1C. The number of rotatable bonds is 7. The van der Waals surface area contributed by atoms with E-state index in [9.17, 15) is 9.59 Å². The molecule has 0 amide bonds. The third kappa shape index (κ3) is 5.87. The van der Waals surface area contributed by atoms with Crippen LogP contribution in [0.15, 0.2) is 18.2 Å². The maximum Gasteiger partial charge on any atom is 0.311 e. The summed E-state index contributed by atoms with van der Waals surface area (Å²) in [4.78, 5) is 22.8. The quantitative estimate of drug-likeness (QED) is 0.436. The molecule has 0 N–H and O–H groups in total. The summed E-state index contributed by atoms with van der Waals surface area (Å²) in [6, 6.07) is 5.76. The first-order valence-corrected chi connectivity index (χ1v) is 6.96. The molecule has 0 saturated heterocycles. The second-order valence-corrected chi connectivity index (χ2v) is 4.76. The minimum atomic E-state index is -0.262. The van der Waals surface area contributed by atoms with Gasteiger partial charge in [0, 0.05) is 12.8 Å². The molecule has 0 aromatic heterocycles. The van der Waals surface area contributed by atoms with E-state index < -0.39 is 0 Å². The molecular weight excluding hydrogens is 256 g/mol. The molecule has 1 aromatic rings. The molecule has 4 nitrogen and oxygen atoms in total. The van der Waals surface area contributed by atoms with Gasteiger partial charge in [-0.25, -0.2) is 0 Å². The Bertz CT molecular complexity index is 466. The van der Waals surface area contributed by atoms with Gasteiger partial charge in [0.25, 0.3) is 0 Å². The van der Waals surface area contributed by atoms with Crippen LogP contribution in [0.25, 0.3) is 0 Å². The molecule has 0 heterocycles. The first kappa shape index (κ1) is 16.2. The smallest absolute Gasteiger partial charge is 0.311 e. The van der Waals surface area contributed by atoms with Crippen LogP contribution in [-0.2, 0) is 14.3 Å². The molecule has 4 heteroatoms. The van der Waals surface area contributed by atoms with E-state index in [0.717, 1.165) is 11.1 Å². The average Bonchev–Trinajstić information content (AvgIpc) is 2.39. The van der Waals surface area contributed by atoms with Gasteiger partial charge < -0.3 is 9.47 Å². The van der Waals surface area contributed by atoms with Gasteiger partial charge in [-0.2, -0.15) is 0 Å². The summed E-state index contributed by atoms with van der Waals surface area (Å²) in [5, 5.41) is 0. The van der Waals surface area contributed by atoms with Crippen molar-refractivity contribution in [1.29, 1.82) is 0 Å². The second-order valence-electron chi connectivity index (χ2n) is 4.76. The molecule has 0 unspecified atom stereocenters. The van der Waals surface area contributed by atoms with Crippen molar-refractivity contribution in [2.24, 2.45) is 0 Å². The highest BCUT2D eigenvalue weighted by molar-refractivity contribution is 5.73. The van der Waals surface area contributed by atoms with Gasteiger partial charge in [-0.15, -0.1) is 0 Å². The van der Waals surface area contributed by atoms with Gasteiger partial charge in [0.15, 0.2) is 0 Å². The summed E-state index contributed by atoms with van der Waals surface area (Å²) in [6.07, 6.45) is 1.93. The molecule has 0 fully saturated rings. The molecule has 110 valence electrons. The molecule has 0 aliphatic heterocycles. The number of benzene rings is 1. The Balaban J connectivity index is 2.30. The number of hydrogen-bond donors (Lipinski definition) is 0. The maximum atomic E-state index is 11.7. The van der Waals surface area contributed by atoms with Gasteiger partial charge in [0.2, 0.25) is 0 Å². The fourth-order valence-electron chi connectivity index (χ4n) is 1.76. The Morgan fingerprint density at radius 3 is 2.35 bits per heavy atom. The number of ether oxygens (including phenoxy) is 2. The Labute approximate surface area is 120 Å². The number of carbonyl (C=O) groups is 2. The predicted octanol–water partition coefficient (Wildman–Crippen LogP) is 3.33. The highest BCUT2D eigenvalue weighted by atomic mass is 16.5. The van der Waals surface area contributed by atoms with Gasteiger partial charge in [-0.1, -0.05) is 12.1 Å². The van der Waals surface area contributed by atoms with Crippen molar-refractivity contribution in [1.82, 2.24) is 0 Å². The van der Waals surface area contributed by atoms with Gasteiger partial charge in [-0.05, 0) is 50.8 Å². The zero-order chi connectivity index (χ0) is 15.0. The molecular formula is C16H22O4. The van der Waals surface area contributed by atoms with E-state index in [2.05, 4.69) is 0 Å². The molecule has 1 aromatic carbocycles. The second kappa shape index (κ2) is 8.35. The van der Waals surface area contributed by atoms with Crippen LogP contribution in [0.4, 0.5) is 0 Å². The molecule has 0 saturated carbocycles. The van der Waals surface area contributed by atoms with E-state index in [4.69, 9.17) is 9.47 Å². The van der Waals surface area contributed by atoms with Crippen LogP contribution in [0.2, 0.25) is 0 Å². The van der Waals surface area contributed by atoms with Crippen molar-refractivity contribution in [2.45, 2.75) is 46.5 Å². The van der Waals surface area contributed by atoms with Crippen LogP contribution in [0.5, 0.6) is 5.75 Å². The fraction of sp³-hybridized carbons (Fsp3) is 0.500. The lowest BCUT2D eigenvalue weighted by atomic mass is 10.1. The maximum absolute atomic E-state index is 11.7. The molecule has 0 radical (unpaired) electrons. The van der Waals surface area contributed by atoms with Crippen molar-refractivity contribution in [3.05, 3.63) is 29.3 Å². The first-order valence-electron chi connectivity index (χ1n) is 6.96. The molecule has 0 bridgehead atoms. The zero-order valence-electron chi connectivity index (χ0n) is 12.4. The number of esters is 2. The first-order chi connectivity index (χ1) is 9.52. The minimum Gasteiger partial charge on any atom is -0.466 e. The lowest BCUT2D eigenvalue weighted by Gasteiger charge is -2.08. The molecule has 0 aliphatic rings. The fourth-order valence-corrected chi connectivity index (χ4v) is 1.76. The Kier molecular flexibility index (Phi) is 6.77. The number of aryl methyl sites for hydroxylation is 2. The van der Waals surface area contributed by atoms with Crippen LogP contribution in [0.3, 0.4) is 0 Å². The summed E-state index contributed by atoms with van der Waals surface area (Å²) >= 11 is 0. The summed E-state index contributed by atoms with van der Waals surface area (Å²) in [7, 11) is 0. The van der Waals surface area contributed by atoms with Crippen molar-refractivity contribution in [3.63, 3.8) is 0 Å². The predicted molar refractivity (Wildman–Crippen MR) is 76.7 cm³/mol. The minimum absolute atomic E-state index is 0.213. The van der Waals surface area contributed by atoms with Crippen molar-refractivity contribution in [3.8, 4) is 5.75 Å². The third-order valence-corrected chi connectivity index (χ3v) is 2.88.